The van der Waals surface area contributed by atoms with E-state index in [0.717, 1.165) is 43.0 Å². The Labute approximate surface area is 115 Å². The molecular formula is C16H21NO2. The molecule has 0 saturated heterocycles. The smallest absolute Gasteiger partial charge is 0.123 e. The monoisotopic (exact) mass is 259 g/mol. The molecule has 0 spiro atoms. The van der Waals surface area contributed by atoms with Gasteiger partial charge in [0.2, 0.25) is 0 Å². The summed E-state index contributed by atoms with van der Waals surface area (Å²) in [5.74, 6) is 7.87. The van der Waals surface area contributed by atoms with Crippen LogP contribution < -0.4 is 14.8 Å². The van der Waals surface area contributed by atoms with Gasteiger partial charge in [0.05, 0.1) is 7.11 Å². The Balaban J connectivity index is 2.03. The highest BCUT2D eigenvalue weighted by Crippen LogP contribution is 2.34. The molecule has 19 heavy (non-hydrogen) atoms. The average molecular weight is 259 g/mol. The maximum absolute atomic E-state index is 5.79. The summed E-state index contributed by atoms with van der Waals surface area (Å²) in [6.45, 7) is 5.62. The molecule has 1 aliphatic rings. The fourth-order valence-corrected chi connectivity index (χ4v) is 2.31. The van der Waals surface area contributed by atoms with Crippen LogP contribution in [0.15, 0.2) is 12.1 Å². The minimum Gasteiger partial charge on any atom is -0.496 e. The van der Waals surface area contributed by atoms with Gasteiger partial charge in [0.15, 0.2) is 0 Å². The SMILES string of the molecule is CC#CCCNCc1cc2c(cc1OC)CC(C)O2. The van der Waals surface area contributed by atoms with Gasteiger partial charge in [-0.15, -0.1) is 11.8 Å². The number of hydrogen-bond acceptors (Lipinski definition) is 3. The van der Waals surface area contributed by atoms with E-state index in [1.165, 1.54) is 5.56 Å². The molecule has 2 rings (SSSR count). The third-order valence-electron chi connectivity index (χ3n) is 3.22. The topological polar surface area (TPSA) is 30.5 Å². The van der Waals surface area contributed by atoms with E-state index in [4.69, 9.17) is 9.47 Å². The number of rotatable bonds is 5. The molecule has 0 saturated carbocycles. The van der Waals surface area contributed by atoms with Crippen LogP contribution in [0.4, 0.5) is 0 Å². The van der Waals surface area contributed by atoms with Gasteiger partial charge in [0, 0.05) is 37.1 Å². The van der Waals surface area contributed by atoms with Crippen LogP contribution in [0.2, 0.25) is 0 Å². The number of methoxy groups -OCH3 is 1. The van der Waals surface area contributed by atoms with E-state index in [2.05, 4.69) is 36.2 Å². The fraction of sp³-hybridized carbons (Fsp3) is 0.500. The number of fused-ring (bicyclic) bond motifs is 1. The maximum Gasteiger partial charge on any atom is 0.123 e. The molecule has 3 heteroatoms. The molecule has 0 radical (unpaired) electrons. The van der Waals surface area contributed by atoms with E-state index in [0.29, 0.717) is 0 Å². The minimum absolute atomic E-state index is 0.266. The molecule has 0 fully saturated rings. The highest BCUT2D eigenvalue weighted by Gasteiger charge is 2.21. The van der Waals surface area contributed by atoms with Crippen molar-refractivity contribution in [1.82, 2.24) is 5.32 Å². The van der Waals surface area contributed by atoms with Crippen molar-refractivity contribution in [2.45, 2.75) is 39.3 Å². The van der Waals surface area contributed by atoms with Gasteiger partial charge in [0.1, 0.15) is 17.6 Å². The maximum atomic E-state index is 5.79. The summed E-state index contributed by atoms with van der Waals surface area (Å²) in [5, 5.41) is 3.38. The number of nitrogens with one attached hydrogen (secondary N) is 1. The van der Waals surface area contributed by atoms with Gasteiger partial charge in [0.25, 0.3) is 0 Å². The van der Waals surface area contributed by atoms with Gasteiger partial charge in [-0.3, -0.25) is 0 Å². The summed E-state index contributed by atoms with van der Waals surface area (Å²) in [6, 6.07) is 4.19. The van der Waals surface area contributed by atoms with Gasteiger partial charge >= 0.3 is 0 Å². The van der Waals surface area contributed by atoms with Crippen LogP contribution in [0.3, 0.4) is 0 Å². The van der Waals surface area contributed by atoms with Gasteiger partial charge in [-0.05, 0) is 26.0 Å². The highest BCUT2D eigenvalue weighted by atomic mass is 16.5. The number of hydrogen-bond donors (Lipinski definition) is 1. The molecule has 1 aromatic rings. The lowest BCUT2D eigenvalue weighted by Gasteiger charge is -2.11. The Hall–Kier alpha value is -1.66. The lowest BCUT2D eigenvalue weighted by Crippen LogP contribution is -2.15. The van der Waals surface area contributed by atoms with E-state index in [1.54, 1.807) is 7.11 Å². The Morgan fingerprint density at radius 3 is 3.05 bits per heavy atom. The van der Waals surface area contributed by atoms with E-state index < -0.39 is 0 Å². The molecule has 1 N–H and O–H groups in total. The van der Waals surface area contributed by atoms with E-state index >= 15 is 0 Å². The Morgan fingerprint density at radius 2 is 2.32 bits per heavy atom. The predicted octanol–water partition coefficient (Wildman–Crippen LogP) is 2.52. The molecule has 3 nitrogen and oxygen atoms in total. The fourth-order valence-electron chi connectivity index (χ4n) is 2.31. The first-order chi connectivity index (χ1) is 9.24. The van der Waals surface area contributed by atoms with E-state index in [9.17, 15) is 0 Å². The molecule has 1 atom stereocenters. The van der Waals surface area contributed by atoms with Crippen LogP contribution in [-0.4, -0.2) is 19.8 Å². The van der Waals surface area contributed by atoms with Crippen molar-refractivity contribution in [3.8, 4) is 23.3 Å². The van der Waals surface area contributed by atoms with Gasteiger partial charge in [-0.2, -0.15) is 0 Å². The van der Waals surface area contributed by atoms with Crippen molar-refractivity contribution in [3.63, 3.8) is 0 Å². The van der Waals surface area contributed by atoms with Crippen LogP contribution in [0.25, 0.3) is 0 Å². The van der Waals surface area contributed by atoms with Crippen molar-refractivity contribution in [3.05, 3.63) is 23.3 Å². The molecule has 0 amide bonds. The third kappa shape index (κ3) is 3.42. The van der Waals surface area contributed by atoms with Gasteiger partial charge in [-0.1, -0.05) is 0 Å². The van der Waals surface area contributed by atoms with Crippen LogP contribution in [0.1, 0.15) is 31.4 Å². The van der Waals surface area contributed by atoms with Gasteiger partial charge < -0.3 is 14.8 Å². The molecule has 0 bridgehead atoms. The summed E-state index contributed by atoms with van der Waals surface area (Å²) < 4.78 is 11.2. The summed E-state index contributed by atoms with van der Waals surface area (Å²) in [6.07, 6.45) is 2.10. The normalized spacial score (nSPS) is 16.3. The molecule has 1 aliphatic heterocycles. The van der Waals surface area contributed by atoms with Crippen molar-refractivity contribution < 1.29 is 9.47 Å². The van der Waals surface area contributed by atoms with Crippen molar-refractivity contribution in [2.75, 3.05) is 13.7 Å². The van der Waals surface area contributed by atoms with Crippen molar-refractivity contribution >= 4 is 0 Å². The summed E-state index contributed by atoms with van der Waals surface area (Å²) in [5.41, 5.74) is 2.38. The minimum atomic E-state index is 0.266. The van der Waals surface area contributed by atoms with E-state index in [1.807, 2.05) is 6.92 Å². The quantitative estimate of drug-likeness (QED) is 0.651. The molecule has 0 aliphatic carbocycles. The summed E-state index contributed by atoms with van der Waals surface area (Å²) >= 11 is 0. The van der Waals surface area contributed by atoms with Crippen LogP contribution in [0.5, 0.6) is 11.5 Å². The second-order valence-electron chi connectivity index (χ2n) is 4.76. The van der Waals surface area contributed by atoms with Crippen LogP contribution in [-0.2, 0) is 13.0 Å². The first-order valence-corrected chi connectivity index (χ1v) is 6.71. The Bertz CT molecular complexity index is 499. The standard InChI is InChI=1S/C16H21NO2/c1-4-5-6-7-17-11-14-10-16-13(8-12(2)19-16)9-15(14)18-3/h9-10,12,17H,6-8,11H2,1-3H3. The highest BCUT2D eigenvalue weighted by molar-refractivity contribution is 5.48. The molecule has 102 valence electrons. The lowest BCUT2D eigenvalue weighted by molar-refractivity contribution is 0.254. The Kier molecular flexibility index (Phi) is 4.70. The molecular weight excluding hydrogens is 238 g/mol. The van der Waals surface area contributed by atoms with Crippen molar-refractivity contribution in [2.24, 2.45) is 0 Å². The average Bonchev–Trinajstić information content (AvgIpc) is 2.76. The second-order valence-corrected chi connectivity index (χ2v) is 4.76. The predicted molar refractivity (Wildman–Crippen MR) is 76.6 cm³/mol. The Morgan fingerprint density at radius 1 is 1.47 bits per heavy atom. The number of ether oxygens (including phenoxy) is 2. The van der Waals surface area contributed by atoms with Crippen molar-refractivity contribution in [1.29, 1.82) is 0 Å². The zero-order valence-corrected chi connectivity index (χ0v) is 11.9. The lowest BCUT2D eigenvalue weighted by atomic mass is 10.1. The first kappa shape index (κ1) is 13.8. The molecule has 1 unspecified atom stereocenters. The van der Waals surface area contributed by atoms with Crippen LogP contribution >= 0.6 is 0 Å². The zero-order chi connectivity index (χ0) is 13.7. The van der Waals surface area contributed by atoms with Gasteiger partial charge in [-0.25, -0.2) is 0 Å². The van der Waals surface area contributed by atoms with E-state index in [-0.39, 0.29) is 6.10 Å². The first-order valence-electron chi connectivity index (χ1n) is 6.71. The third-order valence-corrected chi connectivity index (χ3v) is 3.22. The number of benzene rings is 1. The largest absolute Gasteiger partial charge is 0.496 e. The summed E-state index contributed by atoms with van der Waals surface area (Å²) in [4.78, 5) is 0. The molecule has 0 aromatic heterocycles. The second kappa shape index (κ2) is 6.49. The molecule has 1 aromatic carbocycles. The summed E-state index contributed by atoms with van der Waals surface area (Å²) in [7, 11) is 1.72. The molecule has 1 heterocycles. The van der Waals surface area contributed by atoms with Crippen LogP contribution in [0, 0.1) is 11.8 Å². The zero-order valence-electron chi connectivity index (χ0n) is 11.9.